The van der Waals surface area contributed by atoms with E-state index in [1.165, 1.54) is 69.8 Å². The summed E-state index contributed by atoms with van der Waals surface area (Å²) in [4.78, 5) is 0. The predicted molar refractivity (Wildman–Crippen MR) is 81.7 cm³/mol. The zero-order valence-electron chi connectivity index (χ0n) is 12.0. The van der Waals surface area contributed by atoms with E-state index < -0.39 is 0 Å². The highest BCUT2D eigenvalue weighted by atomic mass is 14.0. The van der Waals surface area contributed by atoms with E-state index in [2.05, 4.69) is 43.7 Å². The van der Waals surface area contributed by atoms with Crippen LogP contribution in [0.1, 0.15) is 70.3 Å². The fourth-order valence-electron chi connectivity index (χ4n) is 2.30. The van der Waals surface area contributed by atoms with E-state index in [1.807, 2.05) is 0 Å². The lowest BCUT2D eigenvalue weighted by Crippen LogP contribution is -1.86. The average Bonchev–Trinajstić information content (AvgIpc) is 2.42. The Morgan fingerprint density at radius 1 is 0.778 bits per heavy atom. The second-order valence-corrected chi connectivity index (χ2v) is 5.22. The molecule has 0 atom stereocenters. The van der Waals surface area contributed by atoms with Gasteiger partial charge in [-0.05, 0) is 24.8 Å². The molecule has 0 saturated heterocycles. The summed E-state index contributed by atoms with van der Waals surface area (Å²) in [5.41, 5.74) is 1.49. The van der Waals surface area contributed by atoms with Gasteiger partial charge in [0.25, 0.3) is 0 Å². The van der Waals surface area contributed by atoms with Crippen LogP contribution in [-0.2, 0) is 6.42 Å². The van der Waals surface area contributed by atoms with Crippen molar-refractivity contribution in [3.63, 3.8) is 0 Å². The van der Waals surface area contributed by atoms with E-state index >= 15 is 0 Å². The highest BCUT2D eigenvalue weighted by Gasteiger charge is 1.94. The minimum atomic E-state index is 1.25. The maximum atomic E-state index is 2.50. The molecule has 0 heteroatoms. The monoisotopic (exact) mass is 245 g/mol. The molecule has 0 nitrogen and oxygen atoms in total. The van der Waals surface area contributed by atoms with Crippen LogP contribution in [0, 0.1) is 6.42 Å². The molecular weight excluding hydrogens is 216 g/mol. The summed E-state index contributed by atoms with van der Waals surface area (Å²) in [5, 5.41) is 0. The van der Waals surface area contributed by atoms with Crippen LogP contribution in [0.25, 0.3) is 0 Å². The average molecular weight is 245 g/mol. The van der Waals surface area contributed by atoms with Crippen molar-refractivity contribution in [2.75, 3.05) is 0 Å². The van der Waals surface area contributed by atoms with E-state index in [-0.39, 0.29) is 0 Å². The predicted octanol–water partition coefficient (Wildman–Crippen LogP) is 5.96. The first-order valence-corrected chi connectivity index (χ1v) is 7.79. The molecule has 18 heavy (non-hydrogen) atoms. The molecule has 0 aliphatic carbocycles. The molecule has 1 radical (unpaired) electrons. The number of benzene rings is 1. The molecule has 0 aromatic heterocycles. The molecule has 0 amide bonds. The smallest absolute Gasteiger partial charge is 0.0279 e. The standard InChI is InChI=1S/C18H29/c1-2-3-4-5-6-7-8-9-10-12-15-18-16-13-11-14-17-18/h7,11,13-14,16-17H,2-6,8-10,12,15H2,1H3. The SMILES string of the molecule is CCCCCC[CH]CCCCCc1ccccc1. The Hall–Kier alpha value is -0.780. The summed E-state index contributed by atoms with van der Waals surface area (Å²) in [5.74, 6) is 0. The minimum absolute atomic E-state index is 1.25. The Bertz CT molecular complexity index is 263. The van der Waals surface area contributed by atoms with Gasteiger partial charge in [-0.1, -0.05) is 88.6 Å². The van der Waals surface area contributed by atoms with Crippen molar-refractivity contribution in [1.29, 1.82) is 0 Å². The van der Waals surface area contributed by atoms with Crippen molar-refractivity contribution < 1.29 is 0 Å². The van der Waals surface area contributed by atoms with Crippen LogP contribution in [0.3, 0.4) is 0 Å². The van der Waals surface area contributed by atoms with Crippen LogP contribution in [0.4, 0.5) is 0 Å². The van der Waals surface area contributed by atoms with Crippen LogP contribution in [-0.4, -0.2) is 0 Å². The van der Waals surface area contributed by atoms with Gasteiger partial charge >= 0.3 is 0 Å². The number of unbranched alkanes of at least 4 members (excludes halogenated alkanes) is 9. The minimum Gasteiger partial charge on any atom is -0.0654 e. The Labute approximate surface area is 114 Å². The van der Waals surface area contributed by atoms with Gasteiger partial charge < -0.3 is 0 Å². The van der Waals surface area contributed by atoms with Gasteiger partial charge in [-0.3, -0.25) is 0 Å². The molecule has 1 rings (SSSR count). The van der Waals surface area contributed by atoms with Crippen LogP contribution in [0.2, 0.25) is 0 Å². The molecule has 0 saturated carbocycles. The Kier molecular flexibility index (Phi) is 9.61. The van der Waals surface area contributed by atoms with Gasteiger partial charge in [-0.25, -0.2) is 0 Å². The molecule has 101 valence electrons. The first kappa shape index (κ1) is 15.3. The Morgan fingerprint density at radius 2 is 1.44 bits per heavy atom. The van der Waals surface area contributed by atoms with Gasteiger partial charge in [0.05, 0.1) is 0 Å². The lowest BCUT2D eigenvalue weighted by atomic mass is 10.0. The molecule has 1 aromatic carbocycles. The van der Waals surface area contributed by atoms with Crippen molar-refractivity contribution in [2.24, 2.45) is 0 Å². The lowest BCUT2D eigenvalue weighted by molar-refractivity contribution is 0.624. The summed E-state index contributed by atoms with van der Waals surface area (Å²) in [6.45, 7) is 2.27. The number of rotatable bonds is 11. The maximum Gasteiger partial charge on any atom is -0.0279 e. The lowest BCUT2D eigenvalue weighted by Gasteiger charge is -2.02. The van der Waals surface area contributed by atoms with Gasteiger partial charge in [-0.2, -0.15) is 0 Å². The summed E-state index contributed by atoms with van der Waals surface area (Å²) >= 11 is 0. The summed E-state index contributed by atoms with van der Waals surface area (Å²) < 4.78 is 0. The van der Waals surface area contributed by atoms with Gasteiger partial charge in [0.15, 0.2) is 0 Å². The van der Waals surface area contributed by atoms with E-state index in [0.717, 1.165) is 0 Å². The van der Waals surface area contributed by atoms with Crippen molar-refractivity contribution in [3.8, 4) is 0 Å². The summed E-state index contributed by atoms with van der Waals surface area (Å²) in [6.07, 6.45) is 16.1. The van der Waals surface area contributed by atoms with E-state index in [1.54, 1.807) is 0 Å². The van der Waals surface area contributed by atoms with Gasteiger partial charge in [0.1, 0.15) is 0 Å². The molecule has 0 N–H and O–H groups in total. The maximum absolute atomic E-state index is 2.50. The molecule has 0 unspecified atom stereocenters. The highest BCUT2D eigenvalue weighted by molar-refractivity contribution is 5.14. The number of aryl methyl sites for hydroxylation is 1. The zero-order chi connectivity index (χ0) is 12.9. The van der Waals surface area contributed by atoms with Gasteiger partial charge in [0.2, 0.25) is 0 Å². The van der Waals surface area contributed by atoms with Gasteiger partial charge in [0, 0.05) is 0 Å². The highest BCUT2D eigenvalue weighted by Crippen LogP contribution is 2.11. The third-order valence-electron chi connectivity index (χ3n) is 3.48. The molecule has 0 fully saturated rings. The van der Waals surface area contributed by atoms with Crippen LogP contribution in [0.15, 0.2) is 30.3 Å². The Balaban J connectivity index is 1.82. The zero-order valence-corrected chi connectivity index (χ0v) is 12.0. The first-order chi connectivity index (χ1) is 8.93. The molecule has 0 heterocycles. The molecular formula is C18H29. The van der Waals surface area contributed by atoms with Crippen LogP contribution >= 0.6 is 0 Å². The van der Waals surface area contributed by atoms with Crippen molar-refractivity contribution >= 4 is 0 Å². The third kappa shape index (κ3) is 8.33. The first-order valence-electron chi connectivity index (χ1n) is 7.79. The fraction of sp³-hybridized carbons (Fsp3) is 0.611. The van der Waals surface area contributed by atoms with Crippen molar-refractivity contribution in [3.05, 3.63) is 42.3 Å². The number of hydrogen-bond acceptors (Lipinski definition) is 0. The van der Waals surface area contributed by atoms with Gasteiger partial charge in [-0.15, -0.1) is 0 Å². The fourth-order valence-corrected chi connectivity index (χ4v) is 2.30. The quantitative estimate of drug-likeness (QED) is 0.422. The van der Waals surface area contributed by atoms with Crippen LogP contribution in [0.5, 0.6) is 0 Å². The molecule has 0 spiro atoms. The third-order valence-corrected chi connectivity index (χ3v) is 3.48. The molecule has 0 aliphatic heterocycles. The van der Waals surface area contributed by atoms with Crippen LogP contribution < -0.4 is 0 Å². The topological polar surface area (TPSA) is 0 Å². The van der Waals surface area contributed by atoms with E-state index in [0.29, 0.717) is 0 Å². The molecule has 1 aromatic rings. The number of hydrogen-bond donors (Lipinski definition) is 0. The second kappa shape index (κ2) is 11.3. The van der Waals surface area contributed by atoms with Crippen molar-refractivity contribution in [1.82, 2.24) is 0 Å². The molecule has 0 aliphatic rings. The Morgan fingerprint density at radius 3 is 2.11 bits per heavy atom. The summed E-state index contributed by atoms with van der Waals surface area (Å²) in [6, 6.07) is 10.8. The second-order valence-electron chi connectivity index (χ2n) is 5.22. The van der Waals surface area contributed by atoms with Crippen molar-refractivity contribution in [2.45, 2.75) is 71.1 Å². The largest absolute Gasteiger partial charge is 0.0654 e. The summed E-state index contributed by atoms with van der Waals surface area (Å²) in [7, 11) is 0. The normalized spacial score (nSPS) is 10.7. The van der Waals surface area contributed by atoms with E-state index in [4.69, 9.17) is 0 Å². The van der Waals surface area contributed by atoms with E-state index in [9.17, 15) is 0 Å². The molecule has 0 bridgehead atoms.